The first-order valence-corrected chi connectivity index (χ1v) is 6.73. The van der Waals surface area contributed by atoms with Gasteiger partial charge in [-0.05, 0) is 30.7 Å². The van der Waals surface area contributed by atoms with Crippen molar-refractivity contribution in [2.24, 2.45) is 5.84 Å². The van der Waals surface area contributed by atoms with Gasteiger partial charge in [0.15, 0.2) is 0 Å². The largest absolute Gasteiger partial charge is 0.383 e. The van der Waals surface area contributed by atoms with Gasteiger partial charge in [-0.25, -0.2) is 10.4 Å². The summed E-state index contributed by atoms with van der Waals surface area (Å²) < 4.78 is 0. The summed E-state index contributed by atoms with van der Waals surface area (Å²) in [5.41, 5.74) is 12.5. The summed E-state index contributed by atoms with van der Waals surface area (Å²) in [5, 5.41) is 1.14. The van der Waals surface area contributed by atoms with Gasteiger partial charge in [0.2, 0.25) is 0 Å². The van der Waals surface area contributed by atoms with Crippen LogP contribution in [0, 0.1) is 6.92 Å². The van der Waals surface area contributed by atoms with Crippen molar-refractivity contribution >= 4 is 16.7 Å². The molecule has 0 saturated carbocycles. The van der Waals surface area contributed by atoms with E-state index in [0.717, 1.165) is 27.7 Å². The van der Waals surface area contributed by atoms with Gasteiger partial charge in [0.1, 0.15) is 5.82 Å². The van der Waals surface area contributed by atoms with Crippen LogP contribution >= 0.6 is 0 Å². The van der Waals surface area contributed by atoms with Crippen molar-refractivity contribution in [1.29, 1.82) is 0 Å². The molecule has 0 bridgehead atoms. The number of rotatable bonds is 3. The molecule has 0 aliphatic heterocycles. The van der Waals surface area contributed by atoms with Gasteiger partial charge in [-0.15, -0.1) is 0 Å². The molecule has 21 heavy (non-hydrogen) atoms. The molecule has 1 unspecified atom stereocenters. The molecule has 0 fully saturated rings. The molecule has 0 spiro atoms. The highest BCUT2D eigenvalue weighted by atomic mass is 15.2. The van der Waals surface area contributed by atoms with E-state index in [9.17, 15) is 0 Å². The predicted molar refractivity (Wildman–Crippen MR) is 84.3 cm³/mol. The number of hydrogen-bond acceptors (Lipinski definition) is 5. The smallest absolute Gasteiger partial charge is 0.128 e. The standard InChI is InChI=1S/C16H17N5/c1-10-9-14(20-13-7-3-2-5-11(10)13)15(21-18)12-6-4-8-19-16(12)17/h2-9,15,21H,18H2,1H3,(H2,17,19). The topological polar surface area (TPSA) is 89.8 Å². The fourth-order valence-corrected chi connectivity index (χ4v) is 2.53. The van der Waals surface area contributed by atoms with Crippen LogP contribution in [-0.4, -0.2) is 9.97 Å². The van der Waals surface area contributed by atoms with Gasteiger partial charge in [0.05, 0.1) is 17.3 Å². The minimum absolute atomic E-state index is 0.290. The third-order valence-corrected chi connectivity index (χ3v) is 3.59. The van der Waals surface area contributed by atoms with E-state index < -0.39 is 0 Å². The molecule has 0 aliphatic rings. The second kappa shape index (κ2) is 5.47. The molecule has 106 valence electrons. The van der Waals surface area contributed by atoms with Crippen LogP contribution < -0.4 is 17.0 Å². The summed E-state index contributed by atoms with van der Waals surface area (Å²) in [6.45, 7) is 2.06. The number of nitrogen functional groups attached to an aromatic ring is 1. The van der Waals surface area contributed by atoms with E-state index in [1.165, 1.54) is 0 Å². The SMILES string of the molecule is Cc1cc(C(NN)c2cccnc2N)nc2ccccc12. The first-order chi connectivity index (χ1) is 10.2. The first kappa shape index (κ1) is 13.5. The van der Waals surface area contributed by atoms with Crippen molar-refractivity contribution in [1.82, 2.24) is 15.4 Å². The van der Waals surface area contributed by atoms with Gasteiger partial charge < -0.3 is 5.73 Å². The van der Waals surface area contributed by atoms with Crippen molar-refractivity contribution in [2.45, 2.75) is 13.0 Å². The highest BCUT2D eigenvalue weighted by Gasteiger charge is 2.18. The van der Waals surface area contributed by atoms with E-state index in [-0.39, 0.29) is 6.04 Å². The summed E-state index contributed by atoms with van der Waals surface area (Å²) in [5.74, 6) is 6.18. The molecule has 3 rings (SSSR count). The number of fused-ring (bicyclic) bond motifs is 1. The number of anilines is 1. The Hall–Kier alpha value is -2.50. The quantitative estimate of drug-likeness (QED) is 0.504. The molecule has 0 radical (unpaired) electrons. The zero-order chi connectivity index (χ0) is 14.8. The van der Waals surface area contributed by atoms with E-state index in [0.29, 0.717) is 5.82 Å². The number of para-hydroxylation sites is 1. The van der Waals surface area contributed by atoms with Crippen LogP contribution in [-0.2, 0) is 0 Å². The summed E-state index contributed by atoms with van der Waals surface area (Å²) in [6.07, 6.45) is 1.66. The second-order valence-electron chi connectivity index (χ2n) is 4.96. The predicted octanol–water partition coefficient (Wildman–Crippen LogP) is 2.07. The number of aryl methyl sites for hydroxylation is 1. The molecule has 5 N–H and O–H groups in total. The minimum atomic E-state index is -0.290. The van der Waals surface area contributed by atoms with Gasteiger partial charge in [-0.1, -0.05) is 24.3 Å². The molecule has 0 saturated heterocycles. The molecule has 3 aromatic rings. The Kier molecular flexibility index (Phi) is 3.51. The number of aromatic nitrogens is 2. The Morgan fingerprint density at radius 3 is 2.71 bits per heavy atom. The van der Waals surface area contributed by atoms with Crippen LogP contribution in [0.15, 0.2) is 48.7 Å². The van der Waals surface area contributed by atoms with Crippen molar-refractivity contribution in [3.05, 3.63) is 65.5 Å². The minimum Gasteiger partial charge on any atom is -0.383 e. The first-order valence-electron chi connectivity index (χ1n) is 6.73. The normalized spacial score (nSPS) is 12.5. The summed E-state index contributed by atoms with van der Waals surface area (Å²) in [6, 6.07) is 13.5. The molecule has 0 amide bonds. The monoisotopic (exact) mass is 279 g/mol. The lowest BCUT2D eigenvalue weighted by atomic mass is 10.0. The van der Waals surface area contributed by atoms with Crippen molar-refractivity contribution in [3.8, 4) is 0 Å². The number of hydrogen-bond donors (Lipinski definition) is 3. The van der Waals surface area contributed by atoms with Gasteiger partial charge in [-0.3, -0.25) is 10.8 Å². The van der Waals surface area contributed by atoms with Crippen LogP contribution in [0.3, 0.4) is 0 Å². The lowest BCUT2D eigenvalue weighted by Crippen LogP contribution is -2.30. The summed E-state index contributed by atoms with van der Waals surface area (Å²) in [7, 11) is 0. The van der Waals surface area contributed by atoms with E-state index in [4.69, 9.17) is 16.6 Å². The molecular formula is C16H17N5. The molecule has 2 heterocycles. The van der Waals surface area contributed by atoms with Crippen molar-refractivity contribution in [2.75, 3.05) is 5.73 Å². The van der Waals surface area contributed by atoms with E-state index in [1.54, 1.807) is 6.20 Å². The van der Waals surface area contributed by atoms with Crippen LogP contribution in [0.4, 0.5) is 5.82 Å². The van der Waals surface area contributed by atoms with Crippen LogP contribution in [0.5, 0.6) is 0 Å². The fraction of sp³-hybridized carbons (Fsp3) is 0.125. The molecule has 5 nitrogen and oxygen atoms in total. The highest BCUT2D eigenvalue weighted by molar-refractivity contribution is 5.82. The third-order valence-electron chi connectivity index (χ3n) is 3.59. The van der Waals surface area contributed by atoms with E-state index in [1.807, 2.05) is 36.4 Å². The van der Waals surface area contributed by atoms with Crippen LogP contribution in [0.1, 0.15) is 22.9 Å². The maximum Gasteiger partial charge on any atom is 0.128 e. The molecule has 1 aromatic carbocycles. The van der Waals surface area contributed by atoms with Crippen molar-refractivity contribution in [3.63, 3.8) is 0 Å². The highest BCUT2D eigenvalue weighted by Crippen LogP contribution is 2.26. The van der Waals surface area contributed by atoms with Gasteiger partial charge in [0, 0.05) is 17.1 Å². The van der Waals surface area contributed by atoms with E-state index in [2.05, 4.69) is 23.4 Å². The van der Waals surface area contributed by atoms with Crippen LogP contribution in [0.25, 0.3) is 10.9 Å². The number of nitrogens with two attached hydrogens (primary N) is 2. The van der Waals surface area contributed by atoms with Gasteiger partial charge in [-0.2, -0.15) is 0 Å². The number of nitrogens with zero attached hydrogens (tertiary/aromatic N) is 2. The zero-order valence-corrected chi connectivity index (χ0v) is 11.7. The summed E-state index contributed by atoms with van der Waals surface area (Å²) >= 11 is 0. The fourth-order valence-electron chi connectivity index (χ4n) is 2.53. The maximum atomic E-state index is 5.95. The van der Waals surface area contributed by atoms with E-state index >= 15 is 0 Å². The third kappa shape index (κ3) is 2.44. The number of benzene rings is 1. The second-order valence-corrected chi connectivity index (χ2v) is 4.96. The molecule has 2 aromatic heterocycles. The Morgan fingerprint density at radius 2 is 1.95 bits per heavy atom. The van der Waals surface area contributed by atoms with Gasteiger partial charge in [0.25, 0.3) is 0 Å². The number of pyridine rings is 2. The lowest BCUT2D eigenvalue weighted by molar-refractivity contribution is 0.622. The Bertz CT molecular complexity index is 784. The number of hydrazine groups is 1. The Labute approximate surface area is 123 Å². The average Bonchev–Trinajstić information content (AvgIpc) is 2.50. The average molecular weight is 279 g/mol. The van der Waals surface area contributed by atoms with Crippen LogP contribution in [0.2, 0.25) is 0 Å². The molecule has 5 heteroatoms. The Morgan fingerprint density at radius 1 is 1.14 bits per heavy atom. The maximum absolute atomic E-state index is 5.95. The molecule has 1 atom stereocenters. The molecular weight excluding hydrogens is 262 g/mol. The van der Waals surface area contributed by atoms with Crippen molar-refractivity contribution < 1.29 is 0 Å². The van der Waals surface area contributed by atoms with Gasteiger partial charge >= 0.3 is 0 Å². The zero-order valence-electron chi connectivity index (χ0n) is 11.7. The lowest BCUT2D eigenvalue weighted by Gasteiger charge is -2.18. The number of nitrogens with one attached hydrogen (secondary N) is 1. The molecule has 0 aliphatic carbocycles. The Balaban J connectivity index is 2.16. The summed E-state index contributed by atoms with van der Waals surface area (Å²) in [4.78, 5) is 8.81.